The number of hydrogen-bond acceptors (Lipinski definition) is 4. The first-order chi connectivity index (χ1) is 9.88. The van der Waals surface area contributed by atoms with E-state index in [0.717, 1.165) is 29.1 Å². The molecule has 0 radical (unpaired) electrons. The monoisotopic (exact) mass is 330 g/mol. The van der Waals surface area contributed by atoms with Crippen LogP contribution in [-0.2, 0) is 16.6 Å². The molecule has 1 aromatic heterocycles. The molecule has 0 amide bonds. The van der Waals surface area contributed by atoms with E-state index in [-0.39, 0.29) is 0 Å². The van der Waals surface area contributed by atoms with E-state index in [4.69, 9.17) is 0 Å². The molecule has 1 fully saturated rings. The lowest BCUT2D eigenvalue weighted by molar-refractivity contribution is 0.540. The SMILES string of the molecule is Cc1sc(CNC2CC2)cc1S(=O)(=O)NCCCC(C)C. The van der Waals surface area contributed by atoms with Crippen LogP contribution in [0.4, 0.5) is 0 Å². The molecule has 1 heterocycles. The minimum absolute atomic E-state index is 0.449. The molecule has 0 atom stereocenters. The molecule has 1 aromatic rings. The second-order valence-electron chi connectivity index (χ2n) is 6.22. The zero-order valence-corrected chi connectivity index (χ0v) is 14.7. The number of nitrogens with one attached hydrogen (secondary N) is 2. The van der Waals surface area contributed by atoms with Gasteiger partial charge in [0.05, 0.1) is 4.90 Å². The van der Waals surface area contributed by atoms with Crippen molar-refractivity contribution in [2.75, 3.05) is 6.54 Å². The Morgan fingerprint density at radius 1 is 1.38 bits per heavy atom. The van der Waals surface area contributed by atoms with Crippen LogP contribution in [0.5, 0.6) is 0 Å². The number of aryl methyl sites for hydroxylation is 1. The smallest absolute Gasteiger partial charge is 0.241 e. The van der Waals surface area contributed by atoms with Crippen LogP contribution in [0.1, 0.15) is 49.3 Å². The number of thiophene rings is 1. The van der Waals surface area contributed by atoms with Gasteiger partial charge in [-0.1, -0.05) is 13.8 Å². The second kappa shape index (κ2) is 7.22. The van der Waals surface area contributed by atoms with Gasteiger partial charge in [-0.15, -0.1) is 11.3 Å². The first-order valence-electron chi connectivity index (χ1n) is 7.71. The van der Waals surface area contributed by atoms with Crippen molar-refractivity contribution in [3.05, 3.63) is 15.8 Å². The van der Waals surface area contributed by atoms with E-state index in [1.807, 2.05) is 13.0 Å². The van der Waals surface area contributed by atoms with Crippen molar-refractivity contribution in [3.63, 3.8) is 0 Å². The molecular formula is C15H26N2O2S2. The van der Waals surface area contributed by atoms with E-state index in [2.05, 4.69) is 23.9 Å². The fourth-order valence-electron chi connectivity index (χ4n) is 2.21. The lowest BCUT2D eigenvalue weighted by Gasteiger charge is -2.07. The van der Waals surface area contributed by atoms with Crippen LogP contribution >= 0.6 is 11.3 Å². The Morgan fingerprint density at radius 3 is 2.71 bits per heavy atom. The molecule has 1 aliphatic carbocycles. The number of rotatable bonds is 9. The van der Waals surface area contributed by atoms with Crippen molar-refractivity contribution >= 4 is 21.4 Å². The van der Waals surface area contributed by atoms with Gasteiger partial charge in [-0.3, -0.25) is 0 Å². The predicted octanol–water partition coefficient (Wildman–Crippen LogP) is 3.02. The van der Waals surface area contributed by atoms with E-state index in [9.17, 15) is 8.42 Å². The second-order valence-corrected chi connectivity index (χ2v) is 9.30. The molecule has 21 heavy (non-hydrogen) atoms. The highest BCUT2D eigenvalue weighted by Gasteiger charge is 2.22. The maximum Gasteiger partial charge on any atom is 0.241 e. The molecule has 1 aliphatic rings. The molecule has 4 nitrogen and oxygen atoms in total. The van der Waals surface area contributed by atoms with Gasteiger partial charge in [-0.25, -0.2) is 13.1 Å². The summed E-state index contributed by atoms with van der Waals surface area (Å²) in [5.41, 5.74) is 0. The first kappa shape index (κ1) is 16.9. The molecule has 6 heteroatoms. The van der Waals surface area contributed by atoms with Crippen LogP contribution in [0.25, 0.3) is 0 Å². The summed E-state index contributed by atoms with van der Waals surface area (Å²) in [7, 11) is -3.36. The van der Waals surface area contributed by atoms with Gasteiger partial charge >= 0.3 is 0 Å². The Kier molecular flexibility index (Phi) is 5.82. The Hall–Kier alpha value is -0.430. The van der Waals surface area contributed by atoms with Crippen LogP contribution in [0, 0.1) is 12.8 Å². The normalized spacial score (nSPS) is 15.8. The fourth-order valence-corrected chi connectivity index (χ4v) is 4.86. The first-order valence-corrected chi connectivity index (χ1v) is 10.0. The minimum atomic E-state index is -3.36. The minimum Gasteiger partial charge on any atom is -0.309 e. The van der Waals surface area contributed by atoms with Crippen molar-refractivity contribution in [1.82, 2.24) is 10.0 Å². The van der Waals surface area contributed by atoms with Crippen molar-refractivity contribution in [2.45, 2.75) is 63.9 Å². The highest BCUT2D eigenvalue weighted by atomic mass is 32.2. The summed E-state index contributed by atoms with van der Waals surface area (Å²) >= 11 is 1.57. The third kappa shape index (κ3) is 5.36. The summed E-state index contributed by atoms with van der Waals surface area (Å²) in [4.78, 5) is 2.42. The van der Waals surface area contributed by atoms with E-state index >= 15 is 0 Å². The standard InChI is InChI=1S/C15H26N2O2S2/c1-11(2)5-4-8-17-21(18,19)15-9-14(20-12(15)3)10-16-13-6-7-13/h9,11,13,16-17H,4-8,10H2,1-3H3. The van der Waals surface area contributed by atoms with Gasteiger partial charge in [-0.2, -0.15) is 0 Å². The summed E-state index contributed by atoms with van der Waals surface area (Å²) < 4.78 is 27.4. The van der Waals surface area contributed by atoms with Crippen molar-refractivity contribution in [3.8, 4) is 0 Å². The summed E-state index contributed by atoms with van der Waals surface area (Å²) in [5, 5.41) is 3.42. The molecule has 0 saturated heterocycles. The van der Waals surface area contributed by atoms with Gasteiger partial charge < -0.3 is 5.32 Å². The maximum atomic E-state index is 12.3. The van der Waals surface area contributed by atoms with Crippen LogP contribution in [0.15, 0.2) is 11.0 Å². The summed E-state index contributed by atoms with van der Waals surface area (Å²) in [5.74, 6) is 0.609. The molecule has 0 spiro atoms. The van der Waals surface area contributed by atoms with Gasteiger partial charge in [0.25, 0.3) is 0 Å². The molecular weight excluding hydrogens is 304 g/mol. The van der Waals surface area contributed by atoms with Gasteiger partial charge in [0.2, 0.25) is 10.0 Å². The lowest BCUT2D eigenvalue weighted by Crippen LogP contribution is -2.25. The number of sulfonamides is 1. The quantitative estimate of drug-likeness (QED) is 0.684. The number of hydrogen-bond donors (Lipinski definition) is 2. The molecule has 120 valence electrons. The fraction of sp³-hybridized carbons (Fsp3) is 0.733. The highest BCUT2D eigenvalue weighted by molar-refractivity contribution is 7.89. The van der Waals surface area contributed by atoms with Gasteiger partial charge in [0, 0.05) is 28.9 Å². The molecule has 0 unspecified atom stereocenters. The van der Waals surface area contributed by atoms with Crippen molar-refractivity contribution < 1.29 is 8.42 Å². The van der Waals surface area contributed by atoms with Crippen molar-refractivity contribution in [1.29, 1.82) is 0 Å². The zero-order chi connectivity index (χ0) is 15.5. The Balaban J connectivity index is 1.91. The van der Waals surface area contributed by atoms with Crippen LogP contribution in [0.3, 0.4) is 0 Å². The maximum absolute atomic E-state index is 12.3. The summed E-state index contributed by atoms with van der Waals surface area (Å²) in [6, 6.07) is 2.46. The van der Waals surface area contributed by atoms with E-state index in [1.165, 1.54) is 12.8 Å². The lowest BCUT2D eigenvalue weighted by atomic mass is 10.1. The van der Waals surface area contributed by atoms with E-state index in [1.54, 1.807) is 11.3 Å². The average molecular weight is 331 g/mol. The Labute approximate surface area is 132 Å². The van der Waals surface area contributed by atoms with Gasteiger partial charge in [-0.05, 0) is 44.6 Å². The summed E-state index contributed by atoms with van der Waals surface area (Å²) in [6.07, 6.45) is 4.41. The van der Waals surface area contributed by atoms with Crippen LogP contribution in [-0.4, -0.2) is 21.0 Å². The van der Waals surface area contributed by atoms with Gasteiger partial charge in [0.15, 0.2) is 0 Å². The Bertz CT molecular complexity index is 560. The zero-order valence-electron chi connectivity index (χ0n) is 13.1. The largest absolute Gasteiger partial charge is 0.309 e. The molecule has 1 saturated carbocycles. The van der Waals surface area contributed by atoms with Gasteiger partial charge in [0.1, 0.15) is 0 Å². The predicted molar refractivity (Wildman–Crippen MR) is 88.2 cm³/mol. The van der Waals surface area contributed by atoms with Crippen LogP contribution in [0.2, 0.25) is 0 Å². The van der Waals surface area contributed by atoms with Crippen molar-refractivity contribution in [2.24, 2.45) is 5.92 Å². The highest BCUT2D eigenvalue weighted by Crippen LogP contribution is 2.27. The summed E-state index contributed by atoms with van der Waals surface area (Å²) in [6.45, 7) is 7.48. The van der Waals surface area contributed by atoms with E-state index in [0.29, 0.717) is 23.4 Å². The molecule has 0 bridgehead atoms. The molecule has 0 aliphatic heterocycles. The van der Waals surface area contributed by atoms with Crippen LogP contribution < -0.4 is 10.0 Å². The molecule has 2 N–H and O–H groups in total. The Morgan fingerprint density at radius 2 is 2.10 bits per heavy atom. The molecule has 2 rings (SSSR count). The third-order valence-corrected chi connectivity index (χ3v) is 6.37. The third-order valence-electron chi connectivity index (χ3n) is 3.61. The topological polar surface area (TPSA) is 58.2 Å². The molecule has 0 aromatic carbocycles. The average Bonchev–Trinajstić information content (AvgIpc) is 3.14. The van der Waals surface area contributed by atoms with E-state index < -0.39 is 10.0 Å².